The smallest absolute Gasteiger partial charge is 0.107 e. The molecule has 0 aromatic rings. The molecule has 6 heteroatoms. The van der Waals surface area contributed by atoms with Crippen LogP contribution in [-0.2, 0) is 0 Å². The van der Waals surface area contributed by atoms with Crippen molar-refractivity contribution in [2.45, 2.75) is 161 Å². The zero-order valence-electron chi connectivity index (χ0n) is 29.3. The van der Waals surface area contributed by atoms with Crippen molar-refractivity contribution >= 4 is 0 Å². The first kappa shape index (κ1) is 36.6. The van der Waals surface area contributed by atoms with E-state index < -0.39 is 22.7 Å². The van der Waals surface area contributed by atoms with Crippen molar-refractivity contribution in [3.63, 3.8) is 0 Å². The van der Waals surface area contributed by atoms with E-state index in [2.05, 4.69) is 39.5 Å². The summed E-state index contributed by atoms with van der Waals surface area (Å²) in [6, 6.07) is 0. The number of fused-ring (bicyclic) bond motifs is 5. The minimum atomic E-state index is -1.32. The fourth-order valence-corrected chi connectivity index (χ4v) is 11.6. The van der Waals surface area contributed by atoms with Gasteiger partial charge in [-0.25, -0.2) is 0 Å². The molecule has 4 aliphatic rings. The van der Waals surface area contributed by atoms with Crippen LogP contribution in [0.25, 0.3) is 0 Å². The Morgan fingerprint density at radius 2 is 1.39 bits per heavy atom. The lowest BCUT2D eigenvalue weighted by Crippen LogP contribution is -2.76. The Balaban J connectivity index is 1.60. The van der Waals surface area contributed by atoms with Crippen molar-refractivity contribution in [2.24, 2.45) is 46.3 Å². The quantitative estimate of drug-likeness (QED) is 0.118. The summed E-state index contributed by atoms with van der Waals surface area (Å²) in [5.41, 5.74) is -2.71. The van der Waals surface area contributed by atoms with Gasteiger partial charge in [0.15, 0.2) is 0 Å². The standard InChI is InChI=1S/C38H71NO5/c1-28(2)13-12-14-29(3)32-15-16-33-31-26-37(43,27-39(21-8-6-10-23-40)22-9-7-11-24-41)38(44)25-30(42)17-20-36(38,5)34(31)18-19-35(32,33)4/h28-34,40-44H,6-27H2,1-5H3/t29-,30?,31+,32-,33+,34+,35-,36-,37?,38?/m1/s1. The Bertz CT molecular complexity index is 873. The summed E-state index contributed by atoms with van der Waals surface area (Å²) in [4.78, 5) is 2.37. The molecule has 0 radical (unpaired) electrons. The normalized spacial score (nSPS) is 41.0. The maximum Gasteiger partial charge on any atom is 0.107 e. The molecule has 0 heterocycles. The lowest BCUT2D eigenvalue weighted by atomic mass is 9.39. The molecule has 3 unspecified atom stereocenters. The number of aliphatic hydroxyl groups excluding tert-OH is 3. The number of unbranched alkanes of at least 4 members (excludes halogenated alkanes) is 4. The second-order valence-electron chi connectivity index (χ2n) is 17.2. The molecule has 4 saturated carbocycles. The van der Waals surface area contributed by atoms with Crippen molar-refractivity contribution in [3.05, 3.63) is 0 Å². The highest BCUT2D eigenvalue weighted by Gasteiger charge is 2.72. The van der Waals surface area contributed by atoms with Gasteiger partial charge in [0.1, 0.15) is 11.2 Å². The molecule has 0 aromatic heterocycles. The SMILES string of the molecule is CC(C)CCC[C@@H](C)[C@H]1CC[C@H]2[C@@H]3CC(O)(CN(CCCCCO)CCCCCO)C4(O)CC(O)CC[C@]4(C)[C@H]3CC[C@]12C. The van der Waals surface area contributed by atoms with Crippen molar-refractivity contribution < 1.29 is 25.5 Å². The highest BCUT2D eigenvalue weighted by Crippen LogP contribution is 2.71. The minimum absolute atomic E-state index is 0.205. The summed E-state index contributed by atoms with van der Waals surface area (Å²) in [6.45, 7) is 14.6. The first-order chi connectivity index (χ1) is 20.8. The van der Waals surface area contributed by atoms with Crippen LogP contribution in [0.4, 0.5) is 0 Å². The molecule has 0 amide bonds. The number of hydrogen-bond donors (Lipinski definition) is 5. The Morgan fingerprint density at radius 3 is 2.00 bits per heavy atom. The fourth-order valence-electron chi connectivity index (χ4n) is 11.6. The van der Waals surface area contributed by atoms with Gasteiger partial charge in [-0.1, -0.05) is 53.9 Å². The molecule has 0 aliphatic heterocycles. The Hall–Kier alpha value is -0.240. The van der Waals surface area contributed by atoms with Crippen molar-refractivity contribution in [2.75, 3.05) is 32.8 Å². The third kappa shape index (κ3) is 7.26. The monoisotopic (exact) mass is 622 g/mol. The maximum atomic E-state index is 13.0. The Kier molecular flexibility index (Phi) is 12.7. The predicted molar refractivity (Wildman–Crippen MR) is 179 cm³/mol. The van der Waals surface area contributed by atoms with Crippen LogP contribution >= 0.6 is 0 Å². The van der Waals surface area contributed by atoms with Crippen molar-refractivity contribution in [3.8, 4) is 0 Å². The Labute approximate surface area is 270 Å². The minimum Gasteiger partial charge on any atom is -0.396 e. The molecule has 4 aliphatic carbocycles. The molecule has 0 saturated heterocycles. The molecular weight excluding hydrogens is 550 g/mol. The molecular formula is C38H71NO5. The molecule has 0 bridgehead atoms. The second kappa shape index (κ2) is 15.3. The predicted octanol–water partition coefficient (Wildman–Crippen LogP) is 6.55. The van der Waals surface area contributed by atoms with E-state index >= 15 is 0 Å². The van der Waals surface area contributed by atoms with Crippen LogP contribution in [0.15, 0.2) is 0 Å². The van der Waals surface area contributed by atoms with Crippen LogP contribution in [0.2, 0.25) is 0 Å². The second-order valence-corrected chi connectivity index (χ2v) is 17.2. The van der Waals surface area contributed by atoms with Gasteiger partial charge in [0.25, 0.3) is 0 Å². The summed E-state index contributed by atoms with van der Waals surface area (Å²) in [5, 5.41) is 55.4. The molecule has 44 heavy (non-hydrogen) atoms. The van der Waals surface area contributed by atoms with Crippen LogP contribution < -0.4 is 0 Å². The average Bonchev–Trinajstić information content (AvgIpc) is 3.32. The topological polar surface area (TPSA) is 104 Å². The van der Waals surface area contributed by atoms with E-state index in [0.717, 1.165) is 82.2 Å². The molecule has 5 N–H and O–H groups in total. The summed E-state index contributed by atoms with van der Waals surface area (Å²) in [5.74, 6) is 3.61. The molecule has 258 valence electrons. The van der Waals surface area contributed by atoms with Gasteiger partial charge in [0, 0.05) is 31.6 Å². The molecule has 4 fully saturated rings. The zero-order valence-corrected chi connectivity index (χ0v) is 29.3. The van der Waals surface area contributed by atoms with E-state index in [1.54, 1.807) is 0 Å². The summed E-state index contributed by atoms with van der Waals surface area (Å²) >= 11 is 0. The molecule has 0 spiro atoms. The van der Waals surface area contributed by atoms with Gasteiger partial charge < -0.3 is 30.4 Å². The van der Waals surface area contributed by atoms with Gasteiger partial charge in [0.2, 0.25) is 0 Å². The van der Waals surface area contributed by atoms with E-state index in [1.807, 2.05) is 0 Å². The van der Waals surface area contributed by atoms with Gasteiger partial charge in [-0.15, -0.1) is 0 Å². The number of aliphatic hydroxyl groups is 5. The maximum absolute atomic E-state index is 13.0. The van der Waals surface area contributed by atoms with Crippen molar-refractivity contribution in [1.29, 1.82) is 0 Å². The third-order valence-electron chi connectivity index (χ3n) is 14.0. The van der Waals surface area contributed by atoms with E-state index in [1.165, 1.54) is 38.5 Å². The van der Waals surface area contributed by atoms with Crippen LogP contribution in [0, 0.1) is 46.3 Å². The van der Waals surface area contributed by atoms with E-state index in [4.69, 9.17) is 0 Å². The highest BCUT2D eigenvalue weighted by molar-refractivity contribution is 5.22. The van der Waals surface area contributed by atoms with Crippen molar-refractivity contribution in [1.82, 2.24) is 4.90 Å². The number of hydrogen-bond acceptors (Lipinski definition) is 6. The summed E-state index contributed by atoms with van der Waals surface area (Å²) in [6.07, 6.45) is 16.1. The Morgan fingerprint density at radius 1 is 0.727 bits per heavy atom. The van der Waals surface area contributed by atoms with Crippen LogP contribution in [0.3, 0.4) is 0 Å². The van der Waals surface area contributed by atoms with Gasteiger partial charge in [-0.3, -0.25) is 0 Å². The largest absolute Gasteiger partial charge is 0.396 e. The number of rotatable bonds is 17. The van der Waals surface area contributed by atoms with Crippen LogP contribution in [0.5, 0.6) is 0 Å². The molecule has 10 atom stereocenters. The highest BCUT2D eigenvalue weighted by atomic mass is 16.4. The van der Waals surface area contributed by atoms with Crippen LogP contribution in [0.1, 0.15) is 144 Å². The van der Waals surface area contributed by atoms with Gasteiger partial charge in [0.05, 0.1) is 6.10 Å². The number of nitrogens with zero attached hydrogens (tertiary/aromatic N) is 1. The van der Waals surface area contributed by atoms with Crippen LogP contribution in [-0.4, -0.2) is 80.6 Å². The summed E-state index contributed by atoms with van der Waals surface area (Å²) in [7, 11) is 0. The fraction of sp³-hybridized carbons (Fsp3) is 1.00. The summed E-state index contributed by atoms with van der Waals surface area (Å²) < 4.78 is 0. The van der Waals surface area contributed by atoms with Gasteiger partial charge in [-0.05, 0) is 137 Å². The van der Waals surface area contributed by atoms with E-state index in [9.17, 15) is 25.5 Å². The van der Waals surface area contributed by atoms with E-state index in [0.29, 0.717) is 42.6 Å². The lowest BCUT2D eigenvalue weighted by molar-refractivity contribution is -0.309. The van der Waals surface area contributed by atoms with Gasteiger partial charge >= 0.3 is 0 Å². The van der Waals surface area contributed by atoms with E-state index in [-0.39, 0.29) is 19.6 Å². The molecule has 0 aromatic carbocycles. The average molecular weight is 622 g/mol. The third-order valence-corrected chi connectivity index (χ3v) is 14.0. The zero-order chi connectivity index (χ0) is 32.2. The molecule has 6 nitrogen and oxygen atoms in total. The first-order valence-electron chi connectivity index (χ1n) is 18.9. The first-order valence-corrected chi connectivity index (χ1v) is 18.9. The lowest BCUT2D eigenvalue weighted by Gasteiger charge is -2.69. The molecule has 4 rings (SSSR count). The van der Waals surface area contributed by atoms with Gasteiger partial charge in [-0.2, -0.15) is 0 Å².